The Kier molecular flexibility index (Phi) is 5.64. The topological polar surface area (TPSA) is 97.7 Å². The maximum absolute atomic E-state index is 13.9. The second-order valence-electron chi connectivity index (χ2n) is 7.72. The number of amides is 2. The molecule has 0 unspecified atom stereocenters. The highest BCUT2D eigenvalue weighted by molar-refractivity contribution is 6.04. The molecule has 2 aromatic rings. The molecule has 2 atom stereocenters. The highest BCUT2D eigenvalue weighted by atomic mass is 19.1. The van der Waals surface area contributed by atoms with Crippen LogP contribution in [0, 0.1) is 11.6 Å². The van der Waals surface area contributed by atoms with Crippen LogP contribution >= 0.6 is 0 Å². The van der Waals surface area contributed by atoms with Gasteiger partial charge in [0.1, 0.15) is 29.0 Å². The van der Waals surface area contributed by atoms with E-state index in [0.29, 0.717) is 25.6 Å². The van der Waals surface area contributed by atoms with Crippen molar-refractivity contribution >= 4 is 18.1 Å². The summed E-state index contributed by atoms with van der Waals surface area (Å²) in [7, 11) is 1.43. The number of benzene rings is 1. The Hall–Kier alpha value is -3.40. The number of rotatable bonds is 6. The summed E-state index contributed by atoms with van der Waals surface area (Å²) in [6.07, 6.45) is 0.0670. The first-order valence-corrected chi connectivity index (χ1v) is 10.1. The van der Waals surface area contributed by atoms with Gasteiger partial charge in [0.25, 0.3) is 11.8 Å². The SMILES string of the molecule is CCN1C[C@H]2C[C@H](OC)c3c(C(=O)NCc4ccc(F)cc4F)c(=O)c(C=O)c(n32)C1=O. The summed E-state index contributed by atoms with van der Waals surface area (Å²) in [6, 6.07) is 2.67. The molecule has 0 aliphatic carbocycles. The highest BCUT2D eigenvalue weighted by Crippen LogP contribution is 2.42. The predicted molar refractivity (Wildman–Crippen MR) is 109 cm³/mol. The lowest BCUT2D eigenvalue weighted by Crippen LogP contribution is -2.45. The van der Waals surface area contributed by atoms with E-state index in [1.54, 1.807) is 16.4 Å². The first-order chi connectivity index (χ1) is 15.3. The number of halogens is 2. The largest absolute Gasteiger partial charge is 0.375 e. The maximum Gasteiger partial charge on any atom is 0.271 e. The molecule has 1 N–H and O–H groups in total. The number of pyridine rings is 1. The van der Waals surface area contributed by atoms with Crippen LogP contribution in [0.3, 0.4) is 0 Å². The number of carbonyl (C=O) groups is 3. The molecule has 0 fully saturated rings. The summed E-state index contributed by atoms with van der Waals surface area (Å²) in [5.41, 5.74) is -1.38. The molecule has 4 rings (SSSR count). The number of aldehydes is 1. The Labute approximate surface area is 181 Å². The van der Waals surface area contributed by atoms with Crippen LogP contribution in [0.25, 0.3) is 0 Å². The van der Waals surface area contributed by atoms with Crippen molar-refractivity contribution in [1.29, 1.82) is 0 Å². The summed E-state index contributed by atoms with van der Waals surface area (Å²) in [6.45, 7) is 2.26. The Morgan fingerprint density at radius 3 is 2.69 bits per heavy atom. The molecule has 0 spiro atoms. The van der Waals surface area contributed by atoms with Crippen molar-refractivity contribution in [3.05, 3.63) is 68.1 Å². The Morgan fingerprint density at radius 1 is 1.31 bits per heavy atom. The molecule has 2 amide bonds. The number of nitrogens with zero attached hydrogens (tertiary/aromatic N) is 2. The number of ether oxygens (including phenoxy) is 1. The van der Waals surface area contributed by atoms with E-state index < -0.39 is 40.5 Å². The van der Waals surface area contributed by atoms with E-state index in [4.69, 9.17) is 4.74 Å². The normalized spacial score (nSPS) is 19.1. The van der Waals surface area contributed by atoms with Gasteiger partial charge in [0.15, 0.2) is 6.29 Å². The van der Waals surface area contributed by atoms with Crippen molar-refractivity contribution in [1.82, 2.24) is 14.8 Å². The molecule has 0 saturated heterocycles. The van der Waals surface area contributed by atoms with E-state index in [0.717, 1.165) is 6.07 Å². The number of nitrogens with one attached hydrogen (secondary N) is 1. The van der Waals surface area contributed by atoms with Crippen LogP contribution in [0.4, 0.5) is 8.78 Å². The van der Waals surface area contributed by atoms with Gasteiger partial charge in [0.05, 0.1) is 17.3 Å². The van der Waals surface area contributed by atoms with E-state index in [1.165, 1.54) is 13.2 Å². The Bertz CT molecular complexity index is 1190. The van der Waals surface area contributed by atoms with E-state index in [-0.39, 0.29) is 41.4 Å². The van der Waals surface area contributed by atoms with Crippen molar-refractivity contribution in [2.75, 3.05) is 20.2 Å². The zero-order valence-electron chi connectivity index (χ0n) is 17.5. The van der Waals surface area contributed by atoms with Crippen molar-refractivity contribution in [3.8, 4) is 0 Å². The third kappa shape index (κ3) is 3.31. The lowest BCUT2D eigenvalue weighted by atomic mass is 10.0. The third-order valence-electron chi connectivity index (χ3n) is 6.03. The molecule has 2 aliphatic rings. The summed E-state index contributed by atoms with van der Waals surface area (Å²) in [4.78, 5) is 52.6. The van der Waals surface area contributed by atoms with Crippen molar-refractivity contribution in [2.24, 2.45) is 0 Å². The lowest BCUT2D eigenvalue weighted by molar-refractivity contribution is 0.0654. The van der Waals surface area contributed by atoms with Gasteiger partial charge in [-0.1, -0.05) is 6.07 Å². The molecule has 1 aromatic carbocycles. The summed E-state index contributed by atoms with van der Waals surface area (Å²) in [5, 5.41) is 2.46. The minimum atomic E-state index is -0.882. The molecule has 2 aliphatic heterocycles. The fraction of sp³-hybridized carbons (Fsp3) is 0.364. The minimum Gasteiger partial charge on any atom is -0.375 e. The Balaban J connectivity index is 1.81. The van der Waals surface area contributed by atoms with Gasteiger partial charge < -0.3 is 19.5 Å². The molecule has 10 heteroatoms. The monoisotopic (exact) mass is 445 g/mol. The predicted octanol–water partition coefficient (Wildman–Crippen LogP) is 1.98. The number of hydrogen-bond acceptors (Lipinski definition) is 5. The number of methoxy groups -OCH3 is 1. The molecule has 168 valence electrons. The van der Waals surface area contributed by atoms with E-state index in [1.807, 2.05) is 0 Å². The summed E-state index contributed by atoms with van der Waals surface area (Å²) >= 11 is 0. The molecular formula is C22H21F2N3O5. The van der Waals surface area contributed by atoms with Gasteiger partial charge in [0, 0.05) is 44.8 Å². The van der Waals surface area contributed by atoms with Gasteiger partial charge in [-0.05, 0) is 13.0 Å². The molecule has 3 heterocycles. The van der Waals surface area contributed by atoms with Gasteiger partial charge in [-0.2, -0.15) is 0 Å². The number of aromatic nitrogens is 1. The average molecular weight is 445 g/mol. The van der Waals surface area contributed by atoms with Crippen LogP contribution in [0.15, 0.2) is 23.0 Å². The van der Waals surface area contributed by atoms with Crippen molar-refractivity contribution < 1.29 is 27.9 Å². The van der Waals surface area contributed by atoms with Crippen LogP contribution in [-0.4, -0.2) is 47.8 Å². The van der Waals surface area contributed by atoms with E-state index >= 15 is 0 Å². The molecule has 0 bridgehead atoms. The lowest BCUT2D eigenvalue weighted by Gasteiger charge is -2.34. The maximum atomic E-state index is 13.9. The number of hydrogen-bond donors (Lipinski definition) is 1. The van der Waals surface area contributed by atoms with Crippen LogP contribution in [0.2, 0.25) is 0 Å². The third-order valence-corrected chi connectivity index (χ3v) is 6.03. The molecule has 32 heavy (non-hydrogen) atoms. The fourth-order valence-corrected chi connectivity index (χ4v) is 4.49. The molecular weight excluding hydrogens is 424 g/mol. The molecule has 1 aromatic heterocycles. The standard InChI is InChI=1S/C22H21F2N3O5/c1-3-26-9-13-7-16(32-2)19-17(20(29)14(10-28)18(22(26)31)27(13)19)21(30)25-8-11-4-5-12(23)6-15(11)24/h4-6,10,13,16H,3,7-9H2,1-2H3,(H,25,30)/t13-,16+/m1/s1. The van der Waals surface area contributed by atoms with Crippen molar-refractivity contribution in [2.45, 2.75) is 32.0 Å². The van der Waals surface area contributed by atoms with Gasteiger partial charge in [-0.25, -0.2) is 8.78 Å². The number of carbonyl (C=O) groups excluding carboxylic acids is 3. The molecule has 0 radical (unpaired) electrons. The first kappa shape index (κ1) is 21.8. The van der Waals surface area contributed by atoms with E-state index in [9.17, 15) is 28.0 Å². The zero-order valence-corrected chi connectivity index (χ0v) is 17.5. The van der Waals surface area contributed by atoms with Gasteiger partial charge in [-0.3, -0.25) is 19.2 Å². The highest BCUT2D eigenvalue weighted by Gasteiger charge is 2.44. The Morgan fingerprint density at radius 2 is 2.06 bits per heavy atom. The van der Waals surface area contributed by atoms with E-state index in [2.05, 4.69) is 5.32 Å². The quantitative estimate of drug-likeness (QED) is 0.686. The summed E-state index contributed by atoms with van der Waals surface area (Å²) in [5.74, 6) is -2.89. The summed E-state index contributed by atoms with van der Waals surface area (Å²) < 4.78 is 34.2. The number of likely N-dealkylation sites (N-methyl/N-ethyl adjacent to an activating group) is 1. The fourth-order valence-electron chi connectivity index (χ4n) is 4.49. The first-order valence-electron chi connectivity index (χ1n) is 10.1. The van der Waals surface area contributed by atoms with Crippen molar-refractivity contribution in [3.63, 3.8) is 0 Å². The van der Waals surface area contributed by atoms with Crippen LogP contribution in [0.5, 0.6) is 0 Å². The minimum absolute atomic E-state index is 0.0276. The zero-order chi connectivity index (χ0) is 23.2. The van der Waals surface area contributed by atoms with Gasteiger partial charge in [-0.15, -0.1) is 0 Å². The van der Waals surface area contributed by atoms with Crippen LogP contribution < -0.4 is 10.7 Å². The molecule has 8 nitrogen and oxygen atoms in total. The van der Waals surface area contributed by atoms with Gasteiger partial charge in [0.2, 0.25) is 5.43 Å². The molecule has 0 saturated carbocycles. The van der Waals surface area contributed by atoms with Crippen LogP contribution in [0.1, 0.15) is 68.0 Å². The smallest absolute Gasteiger partial charge is 0.271 e. The van der Waals surface area contributed by atoms with Gasteiger partial charge >= 0.3 is 0 Å². The average Bonchev–Trinajstić information content (AvgIpc) is 3.13. The van der Waals surface area contributed by atoms with Crippen LogP contribution in [-0.2, 0) is 11.3 Å². The second-order valence-corrected chi connectivity index (χ2v) is 7.72. The second kappa shape index (κ2) is 8.27.